The molecule has 0 spiro atoms. The topological polar surface area (TPSA) is 26.0 Å². The van der Waals surface area contributed by atoms with Crippen LogP contribution in [0.25, 0.3) is 12.2 Å². The Balaban J connectivity index is 0. The largest absolute Gasteiger partial charge is 0.333 e. The normalized spacial score (nSPS) is 14.6. The number of hydrogen-bond acceptors (Lipinski definition) is 1. The molecule has 0 bridgehead atoms. The van der Waals surface area contributed by atoms with Crippen molar-refractivity contribution >= 4 is 12.2 Å². The predicted octanol–water partition coefficient (Wildman–Crippen LogP) is 8.87. The van der Waals surface area contributed by atoms with Gasteiger partial charge >= 0.3 is 0 Å². The molecule has 1 aliphatic carbocycles. The van der Waals surface area contributed by atoms with E-state index >= 15 is 0 Å². The lowest BCUT2D eigenvalue weighted by molar-refractivity contribution is 0.303. The molecule has 1 aliphatic rings. The molecule has 0 fully saturated rings. The zero-order valence-electron chi connectivity index (χ0n) is 21.1. The van der Waals surface area contributed by atoms with Gasteiger partial charge in [-0.1, -0.05) is 117 Å². The average molecular weight is 400 g/mol. The maximum absolute atomic E-state index is 4.50. The molecule has 1 aromatic rings. The first-order valence-corrected chi connectivity index (χ1v) is 11.6. The fourth-order valence-corrected chi connectivity index (χ4v) is 3.43. The van der Waals surface area contributed by atoms with E-state index in [-0.39, 0.29) is 0 Å². The molecule has 2 N–H and O–H groups in total. The molecule has 166 valence electrons. The second-order valence-corrected chi connectivity index (χ2v) is 8.07. The summed E-state index contributed by atoms with van der Waals surface area (Å²) in [7, 11) is 1.50. The summed E-state index contributed by atoms with van der Waals surface area (Å²) in [5.74, 6) is 1.31. The highest BCUT2D eigenvalue weighted by atomic mass is 14.4. The van der Waals surface area contributed by atoms with Gasteiger partial charge in [-0.25, -0.2) is 0 Å². The van der Waals surface area contributed by atoms with Crippen LogP contribution in [0, 0.1) is 11.3 Å². The lowest BCUT2D eigenvalue weighted by atomic mass is 9.75. The quantitative estimate of drug-likeness (QED) is 0.455. The number of fused-ring (bicyclic) bond motifs is 1. The van der Waals surface area contributed by atoms with Gasteiger partial charge in [-0.2, -0.15) is 0 Å². The second kappa shape index (κ2) is 16.2. The molecule has 0 amide bonds. The Bertz CT molecular complexity index is 617. The first kappa shape index (κ1) is 29.6. The molecule has 2 rings (SSSR count). The average Bonchev–Trinajstić information content (AvgIpc) is 3.06. The van der Waals surface area contributed by atoms with E-state index in [4.69, 9.17) is 0 Å². The minimum atomic E-state index is 0.393. The van der Waals surface area contributed by atoms with Crippen molar-refractivity contribution in [3.8, 4) is 0 Å². The van der Waals surface area contributed by atoms with Crippen molar-refractivity contribution in [2.24, 2.45) is 17.1 Å². The van der Waals surface area contributed by atoms with E-state index < -0.39 is 0 Å². The van der Waals surface area contributed by atoms with Gasteiger partial charge < -0.3 is 5.73 Å². The van der Waals surface area contributed by atoms with Gasteiger partial charge in [0, 0.05) is 5.92 Å². The van der Waals surface area contributed by atoms with Crippen LogP contribution in [0.5, 0.6) is 0 Å². The van der Waals surface area contributed by atoms with Crippen LogP contribution in [0.3, 0.4) is 0 Å². The minimum absolute atomic E-state index is 0.393. The SMILES string of the molecule is C=C/C=C/c1ccc2c(c1)C=C(CC(C)C)C2CC(C)(C)CC.CC.CC.CN. The Labute approximate surface area is 183 Å². The summed E-state index contributed by atoms with van der Waals surface area (Å²) in [4.78, 5) is 0. The van der Waals surface area contributed by atoms with E-state index in [9.17, 15) is 0 Å². The molecule has 0 aromatic heterocycles. The lowest BCUT2D eigenvalue weighted by Gasteiger charge is -2.29. The van der Waals surface area contributed by atoms with Crippen LogP contribution in [-0.2, 0) is 0 Å². The fraction of sp³-hybridized carbons (Fsp3) is 0.571. The van der Waals surface area contributed by atoms with Crippen molar-refractivity contribution in [1.82, 2.24) is 0 Å². The van der Waals surface area contributed by atoms with Gasteiger partial charge in [0.25, 0.3) is 0 Å². The molecular formula is C28H49N. The maximum atomic E-state index is 4.50. The first-order chi connectivity index (χ1) is 13.9. The van der Waals surface area contributed by atoms with Crippen LogP contribution in [0.4, 0.5) is 0 Å². The summed E-state index contributed by atoms with van der Waals surface area (Å²) in [6.45, 7) is 23.5. The summed E-state index contributed by atoms with van der Waals surface area (Å²) >= 11 is 0. The number of allylic oxidation sites excluding steroid dienone is 3. The highest BCUT2D eigenvalue weighted by molar-refractivity contribution is 5.70. The molecule has 29 heavy (non-hydrogen) atoms. The van der Waals surface area contributed by atoms with Gasteiger partial charge in [-0.15, -0.1) is 0 Å². The van der Waals surface area contributed by atoms with Gasteiger partial charge in [-0.3, -0.25) is 0 Å². The van der Waals surface area contributed by atoms with Crippen molar-refractivity contribution in [3.05, 3.63) is 59.2 Å². The number of nitrogens with two attached hydrogens (primary N) is 1. The predicted molar refractivity (Wildman–Crippen MR) is 137 cm³/mol. The minimum Gasteiger partial charge on any atom is -0.333 e. The molecule has 1 aromatic carbocycles. The Morgan fingerprint density at radius 2 is 1.69 bits per heavy atom. The van der Waals surface area contributed by atoms with Gasteiger partial charge in [-0.05, 0) is 54.0 Å². The molecule has 0 saturated heterocycles. The van der Waals surface area contributed by atoms with E-state index in [1.54, 1.807) is 5.57 Å². The first-order valence-electron chi connectivity index (χ1n) is 11.6. The van der Waals surface area contributed by atoms with Crippen molar-refractivity contribution in [2.75, 3.05) is 7.05 Å². The standard InChI is InChI=1S/C23H32.2C2H6.CH5N/c1-7-9-10-18-11-12-21-20(14-18)15-19(13-17(3)4)22(21)16-23(5,6)8-2;3*1-2/h7,9-12,14-15,17,22H,1,8,13,16H2,2-6H3;2*1-2H3;2H2,1H3/b10-9+;;;. The highest BCUT2D eigenvalue weighted by Crippen LogP contribution is 2.46. The highest BCUT2D eigenvalue weighted by Gasteiger charge is 2.30. The molecule has 1 unspecified atom stereocenters. The van der Waals surface area contributed by atoms with E-state index in [2.05, 4.69) is 77.3 Å². The summed E-state index contributed by atoms with van der Waals surface area (Å²) in [6, 6.07) is 6.92. The summed E-state index contributed by atoms with van der Waals surface area (Å²) in [6.07, 6.45) is 12.1. The van der Waals surface area contributed by atoms with Gasteiger partial charge in [0.05, 0.1) is 0 Å². The van der Waals surface area contributed by atoms with Crippen LogP contribution in [0.2, 0.25) is 0 Å². The summed E-state index contributed by atoms with van der Waals surface area (Å²) < 4.78 is 0. The smallest absolute Gasteiger partial charge is 0.00626 e. The van der Waals surface area contributed by atoms with Crippen molar-refractivity contribution in [3.63, 3.8) is 0 Å². The summed E-state index contributed by atoms with van der Waals surface area (Å²) in [5.41, 5.74) is 10.7. The maximum Gasteiger partial charge on any atom is 0.00626 e. The zero-order valence-corrected chi connectivity index (χ0v) is 21.1. The van der Waals surface area contributed by atoms with E-state index in [1.807, 2.05) is 39.8 Å². The Morgan fingerprint density at radius 1 is 1.10 bits per heavy atom. The third kappa shape index (κ3) is 10.1. The van der Waals surface area contributed by atoms with Crippen LogP contribution in [-0.4, -0.2) is 7.05 Å². The second-order valence-electron chi connectivity index (χ2n) is 8.07. The van der Waals surface area contributed by atoms with Crippen molar-refractivity contribution in [2.45, 2.75) is 87.5 Å². The molecule has 0 saturated carbocycles. The number of hydrogen-bond donors (Lipinski definition) is 1. The third-order valence-corrected chi connectivity index (χ3v) is 5.06. The van der Waals surface area contributed by atoms with Crippen LogP contribution >= 0.6 is 0 Å². The number of rotatable bonds is 7. The number of benzene rings is 1. The zero-order chi connectivity index (χ0) is 23.0. The van der Waals surface area contributed by atoms with Gasteiger partial charge in [0.1, 0.15) is 0 Å². The molecule has 0 radical (unpaired) electrons. The Hall–Kier alpha value is -1.60. The Kier molecular flexibility index (Phi) is 16.6. The summed E-state index contributed by atoms with van der Waals surface area (Å²) in [5, 5.41) is 0. The van der Waals surface area contributed by atoms with Crippen LogP contribution in [0.15, 0.2) is 42.5 Å². The third-order valence-electron chi connectivity index (χ3n) is 5.06. The molecule has 1 atom stereocenters. The van der Waals surface area contributed by atoms with Crippen LogP contribution in [0.1, 0.15) is 104 Å². The fourth-order valence-electron chi connectivity index (χ4n) is 3.43. The molecule has 0 heterocycles. The molecular weight excluding hydrogens is 350 g/mol. The Morgan fingerprint density at radius 3 is 2.17 bits per heavy atom. The molecule has 0 aliphatic heterocycles. The van der Waals surface area contributed by atoms with Crippen molar-refractivity contribution in [1.29, 1.82) is 0 Å². The monoisotopic (exact) mass is 399 g/mol. The van der Waals surface area contributed by atoms with E-state index in [0.29, 0.717) is 17.3 Å². The van der Waals surface area contributed by atoms with Gasteiger partial charge in [0.2, 0.25) is 0 Å². The lowest BCUT2D eigenvalue weighted by Crippen LogP contribution is -2.16. The molecule has 1 nitrogen and oxygen atoms in total. The van der Waals surface area contributed by atoms with E-state index in [0.717, 1.165) is 0 Å². The van der Waals surface area contributed by atoms with Crippen LogP contribution < -0.4 is 5.73 Å². The van der Waals surface area contributed by atoms with Gasteiger partial charge in [0.15, 0.2) is 0 Å². The molecule has 1 heteroatoms. The van der Waals surface area contributed by atoms with Crippen molar-refractivity contribution < 1.29 is 0 Å². The van der Waals surface area contributed by atoms with E-state index in [1.165, 1.54) is 43.0 Å².